The molecule has 2 rings (SSSR count). The van der Waals surface area contributed by atoms with Gasteiger partial charge in [0, 0.05) is 18.2 Å². The molecule has 22 heavy (non-hydrogen) atoms. The molecule has 0 fully saturated rings. The van der Waals surface area contributed by atoms with E-state index >= 15 is 0 Å². The van der Waals surface area contributed by atoms with E-state index in [1.807, 2.05) is 44.2 Å². The van der Waals surface area contributed by atoms with Gasteiger partial charge >= 0.3 is 0 Å². The number of phenolic OH excluding ortho intramolecular Hbond substituents is 1. The minimum Gasteiger partial charge on any atom is -0.508 e. The zero-order chi connectivity index (χ0) is 15.9. The van der Waals surface area contributed by atoms with Crippen molar-refractivity contribution in [3.8, 4) is 17.2 Å². The lowest BCUT2D eigenvalue weighted by atomic mass is 10.1. The highest BCUT2D eigenvalue weighted by atomic mass is 16.5. The zero-order valence-corrected chi connectivity index (χ0v) is 13.3. The highest BCUT2D eigenvalue weighted by Crippen LogP contribution is 2.28. The molecule has 0 heterocycles. The van der Waals surface area contributed by atoms with E-state index in [0.29, 0.717) is 13.2 Å². The summed E-state index contributed by atoms with van der Waals surface area (Å²) in [6.07, 6.45) is 0. The fraction of sp³-hybridized carbons (Fsp3) is 0.333. The van der Waals surface area contributed by atoms with Crippen molar-refractivity contribution in [2.24, 2.45) is 0 Å². The summed E-state index contributed by atoms with van der Waals surface area (Å²) in [4.78, 5) is 0. The Morgan fingerprint density at radius 1 is 1.09 bits per heavy atom. The molecule has 0 aliphatic carbocycles. The Morgan fingerprint density at radius 3 is 2.41 bits per heavy atom. The van der Waals surface area contributed by atoms with Crippen molar-refractivity contribution in [1.82, 2.24) is 5.32 Å². The van der Waals surface area contributed by atoms with Crippen molar-refractivity contribution in [2.75, 3.05) is 13.7 Å². The van der Waals surface area contributed by atoms with Gasteiger partial charge in [0.15, 0.2) is 0 Å². The van der Waals surface area contributed by atoms with Gasteiger partial charge < -0.3 is 19.9 Å². The van der Waals surface area contributed by atoms with Crippen molar-refractivity contribution in [2.45, 2.75) is 26.4 Å². The topological polar surface area (TPSA) is 50.7 Å². The standard InChI is InChI=1S/C18H23NO3/c1-4-22-15-7-5-14(6-8-15)12-19-13(2)17-11-16(21-3)9-10-18(17)20/h5-11,13,19-20H,4,12H2,1-3H3. The lowest BCUT2D eigenvalue weighted by Crippen LogP contribution is -2.18. The molecule has 0 spiro atoms. The normalized spacial score (nSPS) is 12.0. The highest BCUT2D eigenvalue weighted by Gasteiger charge is 2.11. The minimum atomic E-state index is 0.0154. The largest absolute Gasteiger partial charge is 0.508 e. The smallest absolute Gasteiger partial charge is 0.120 e. The Kier molecular flexibility index (Phi) is 5.67. The van der Waals surface area contributed by atoms with Gasteiger partial charge in [0.05, 0.1) is 13.7 Å². The van der Waals surface area contributed by atoms with Crippen LogP contribution in [-0.2, 0) is 6.54 Å². The van der Waals surface area contributed by atoms with E-state index in [2.05, 4.69) is 5.32 Å². The van der Waals surface area contributed by atoms with Crippen LogP contribution in [0.3, 0.4) is 0 Å². The molecule has 0 saturated heterocycles. The first-order valence-electron chi connectivity index (χ1n) is 7.46. The number of benzene rings is 2. The van der Waals surface area contributed by atoms with Crippen LogP contribution in [0.15, 0.2) is 42.5 Å². The van der Waals surface area contributed by atoms with Crippen LogP contribution in [0.2, 0.25) is 0 Å². The summed E-state index contributed by atoms with van der Waals surface area (Å²) in [6, 6.07) is 13.3. The lowest BCUT2D eigenvalue weighted by Gasteiger charge is -2.17. The summed E-state index contributed by atoms with van der Waals surface area (Å²) in [5, 5.41) is 13.4. The second kappa shape index (κ2) is 7.71. The van der Waals surface area contributed by atoms with E-state index in [1.165, 1.54) is 0 Å². The maximum absolute atomic E-state index is 9.98. The van der Waals surface area contributed by atoms with Gasteiger partial charge in [-0.05, 0) is 49.7 Å². The molecule has 0 amide bonds. The SMILES string of the molecule is CCOc1ccc(CNC(C)c2cc(OC)ccc2O)cc1. The molecule has 4 heteroatoms. The Balaban J connectivity index is 1.98. The second-order valence-corrected chi connectivity index (χ2v) is 5.10. The molecule has 4 nitrogen and oxygen atoms in total. The Labute approximate surface area is 131 Å². The summed E-state index contributed by atoms with van der Waals surface area (Å²) in [6.45, 7) is 5.37. The van der Waals surface area contributed by atoms with Crippen molar-refractivity contribution >= 4 is 0 Å². The van der Waals surface area contributed by atoms with Crippen LogP contribution < -0.4 is 14.8 Å². The number of hydrogen-bond donors (Lipinski definition) is 2. The van der Waals surface area contributed by atoms with Crippen LogP contribution in [0.25, 0.3) is 0 Å². The van der Waals surface area contributed by atoms with Gasteiger partial charge in [0.1, 0.15) is 17.2 Å². The zero-order valence-electron chi connectivity index (χ0n) is 13.3. The third-order valence-electron chi connectivity index (χ3n) is 3.55. The van der Waals surface area contributed by atoms with Crippen LogP contribution in [0.1, 0.15) is 31.0 Å². The third kappa shape index (κ3) is 4.15. The van der Waals surface area contributed by atoms with Crippen molar-refractivity contribution < 1.29 is 14.6 Å². The fourth-order valence-corrected chi connectivity index (χ4v) is 2.26. The van der Waals surface area contributed by atoms with Crippen LogP contribution in [0, 0.1) is 0 Å². The molecule has 1 unspecified atom stereocenters. The first kappa shape index (κ1) is 16.2. The molecule has 2 N–H and O–H groups in total. The quantitative estimate of drug-likeness (QED) is 0.819. The van der Waals surface area contributed by atoms with Crippen LogP contribution in [0.4, 0.5) is 0 Å². The minimum absolute atomic E-state index is 0.0154. The number of aromatic hydroxyl groups is 1. The predicted molar refractivity (Wildman–Crippen MR) is 87.5 cm³/mol. The van der Waals surface area contributed by atoms with Crippen LogP contribution >= 0.6 is 0 Å². The summed E-state index contributed by atoms with van der Waals surface area (Å²) >= 11 is 0. The van der Waals surface area contributed by atoms with Gasteiger partial charge in [0.25, 0.3) is 0 Å². The number of nitrogens with one attached hydrogen (secondary N) is 1. The maximum Gasteiger partial charge on any atom is 0.120 e. The van der Waals surface area contributed by atoms with Crippen LogP contribution in [-0.4, -0.2) is 18.8 Å². The average Bonchev–Trinajstić information content (AvgIpc) is 2.54. The molecule has 0 bridgehead atoms. The van der Waals surface area contributed by atoms with E-state index in [1.54, 1.807) is 19.2 Å². The molecule has 0 aliphatic heterocycles. The number of phenols is 1. The van der Waals surface area contributed by atoms with Gasteiger partial charge in [0.2, 0.25) is 0 Å². The average molecular weight is 301 g/mol. The number of methoxy groups -OCH3 is 1. The Morgan fingerprint density at radius 2 is 1.77 bits per heavy atom. The summed E-state index contributed by atoms with van der Waals surface area (Å²) < 4.78 is 10.6. The van der Waals surface area contributed by atoms with Gasteiger partial charge in [-0.1, -0.05) is 12.1 Å². The second-order valence-electron chi connectivity index (χ2n) is 5.10. The Bertz CT molecular complexity index is 596. The van der Waals surface area contributed by atoms with E-state index < -0.39 is 0 Å². The van der Waals surface area contributed by atoms with Crippen LogP contribution in [0.5, 0.6) is 17.2 Å². The summed E-state index contributed by atoms with van der Waals surface area (Å²) in [5.41, 5.74) is 1.99. The predicted octanol–water partition coefficient (Wildman–Crippen LogP) is 3.65. The molecule has 2 aromatic rings. The molecule has 0 aliphatic rings. The fourth-order valence-electron chi connectivity index (χ4n) is 2.26. The molecule has 1 atom stereocenters. The molecular formula is C18H23NO3. The van der Waals surface area contributed by atoms with E-state index in [9.17, 15) is 5.11 Å². The van der Waals surface area contributed by atoms with E-state index in [0.717, 1.165) is 22.6 Å². The monoisotopic (exact) mass is 301 g/mol. The van der Waals surface area contributed by atoms with Crippen molar-refractivity contribution in [3.05, 3.63) is 53.6 Å². The van der Waals surface area contributed by atoms with Gasteiger partial charge in [-0.25, -0.2) is 0 Å². The molecule has 2 aromatic carbocycles. The molecule has 0 saturated carbocycles. The summed E-state index contributed by atoms with van der Waals surface area (Å²) in [7, 11) is 1.62. The van der Waals surface area contributed by atoms with Gasteiger partial charge in [-0.3, -0.25) is 0 Å². The number of ether oxygens (including phenoxy) is 2. The van der Waals surface area contributed by atoms with Crippen molar-refractivity contribution in [1.29, 1.82) is 0 Å². The molecule has 0 aromatic heterocycles. The van der Waals surface area contributed by atoms with Crippen molar-refractivity contribution in [3.63, 3.8) is 0 Å². The highest BCUT2D eigenvalue weighted by molar-refractivity contribution is 5.41. The van der Waals surface area contributed by atoms with E-state index in [-0.39, 0.29) is 11.8 Å². The maximum atomic E-state index is 9.98. The lowest BCUT2D eigenvalue weighted by molar-refractivity contribution is 0.340. The van der Waals surface area contributed by atoms with Gasteiger partial charge in [-0.2, -0.15) is 0 Å². The molecule has 0 radical (unpaired) electrons. The molecular weight excluding hydrogens is 278 g/mol. The first-order valence-corrected chi connectivity index (χ1v) is 7.46. The number of hydrogen-bond acceptors (Lipinski definition) is 4. The number of rotatable bonds is 7. The van der Waals surface area contributed by atoms with Gasteiger partial charge in [-0.15, -0.1) is 0 Å². The van der Waals surface area contributed by atoms with E-state index in [4.69, 9.17) is 9.47 Å². The Hall–Kier alpha value is -2.20. The third-order valence-corrected chi connectivity index (χ3v) is 3.55. The first-order chi connectivity index (χ1) is 10.6. The molecule has 118 valence electrons. The summed E-state index contributed by atoms with van der Waals surface area (Å²) in [5.74, 6) is 1.89.